The Morgan fingerprint density at radius 1 is 0.651 bits per heavy atom. The maximum Gasteiger partial charge on any atom is 0.298 e. The highest BCUT2D eigenvalue weighted by molar-refractivity contribution is 8.00. The molecular formula is C29H28N2O8S4. The Kier molecular flexibility index (Phi) is 9.39. The SMILES string of the molecule is NC(COc1cc2c(cc1S(=O)(=O)O)-c1cc(S(=O)(=O)O)c(OCC(N)Sc3ccccc3)cc1C2)Sc1ccccc1. The van der Waals surface area contributed by atoms with Gasteiger partial charge in [0.2, 0.25) is 0 Å². The molecule has 0 fully saturated rings. The van der Waals surface area contributed by atoms with Gasteiger partial charge in [0.15, 0.2) is 0 Å². The highest BCUT2D eigenvalue weighted by atomic mass is 32.2. The summed E-state index contributed by atoms with van der Waals surface area (Å²) in [6.45, 7) is -0.111. The molecule has 6 N–H and O–H groups in total. The van der Waals surface area contributed by atoms with Crippen molar-refractivity contribution in [3.8, 4) is 22.6 Å². The number of ether oxygens (including phenoxy) is 2. The topological polar surface area (TPSA) is 179 Å². The molecular weight excluding hydrogens is 633 g/mol. The summed E-state index contributed by atoms with van der Waals surface area (Å²) in [6, 6.07) is 24.2. The number of benzene rings is 4. The summed E-state index contributed by atoms with van der Waals surface area (Å²) in [7, 11) is -9.47. The Bertz CT molecular complexity index is 1700. The lowest BCUT2D eigenvalue weighted by Crippen LogP contribution is -2.24. The monoisotopic (exact) mass is 660 g/mol. The Morgan fingerprint density at radius 3 is 1.37 bits per heavy atom. The summed E-state index contributed by atoms with van der Waals surface area (Å²) in [5.74, 6) is -0.179. The van der Waals surface area contributed by atoms with Gasteiger partial charge in [0.05, 0.1) is 10.7 Å². The average Bonchev–Trinajstić information content (AvgIpc) is 3.30. The van der Waals surface area contributed by atoms with E-state index in [0.29, 0.717) is 22.3 Å². The summed E-state index contributed by atoms with van der Waals surface area (Å²) in [5.41, 5.74) is 14.3. The van der Waals surface area contributed by atoms with Gasteiger partial charge in [0.1, 0.15) is 34.5 Å². The second-order valence-electron chi connectivity index (χ2n) is 9.60. The number of hydrogen-bond donors (Lipinski definition) is 4. The quantitative estimate of drug-likeness (QED) is 0.0827. The van der Waals surface area contributed by atoms with Gasteiger partial charge in [0, 0.05) is 9.79 Å². The molecule has 2 atom stereocenters. The van der Waals surface area contributed by atoms with E-state index in [-0.39, 0.29) is 31.1 Å². The number of rotatable bonds is 12. The molecule has 14 heteroatoms. The third kappa shape index (κ3) is 7.72. The molecule has 226 valence electrons. The van der Waals surface area contributed by atoms with Crippen molar-refractivity contribution >= 4 is 43.8 Å². The van der Waals surface area contributed by atoms with Gasteiger partial charge in [0.25, 0.3) is 20.2 Å². The van der Waals surface area contributed by atoms with E-state index in [0.717, 1.165) is 9.79 Å². The minimum atomic E-state index is -4.74. The first-order chi connectivity index (χ1) is 20.4. The van der Waals surface area contributed by atoms with Crippen LogP contribution in [0.25, 0.3) is 11.1 Å². The van der Waals surface area contributed by atoms with Crippen LogP contribution in [0.15, 0.2) is 105 Å². The van der Waals surface area contributed by atoms with Crippen LogP contribution in [0.2, 0.25) is 0 Å². The molecule has 0 saturated carbocycles. The molecule has 1 aliphatic rings. The fourth-order valence-electron chi connectivity index (χ4n) is 4.59. The zero-order valence-electron chi connectivity index (χ0n) is 22.5. The van der Waals surface area contributed by atoms with Gasteiger partial charge in [-0.05, 0) is 77.2 Å². The Hall–Kier alpha value is -3.08. The highest BCUT2D eigenvalue weighted by Crippen LogP contribution is 2.45. The van der Waals surface area contributed by atoms with E-state index in [2.05, 4.69) is 0 Å². The zero-order valence-corrected chi connectivity index (χ0v) is 25.8. The van der Waals surface area contributed by atoms with Crippen molar-refractivity contribution in [2.75, 3.05) is 13.2 Å². The van der Waals surface area contributed by atoms with Crippen LogP contribution in [0.4, 0.5) is 0 Å². The molecule has 0 bridgehead atoms. The van der Waals surface area contributed by atoms with E-state index in [1.165, 1.54) is 47.8 Å². The van der Waals surface area contributed by atoms with Crippen molar-refractivity contribution in [2.45, 2.75) is 36.8 Å². The van der Waals surface area contributed by atoms with Crippen molar-refractivity contribution < 1.29 is 35.4 Å². The molecule has 4 aromatic rings. The van der Waals surface area contributed by atoms with Gasteiger partial charge in [-0.2, -0.15) is 16.8 Å². The number of nitrogens with two attached hydrogens (primary N) is 2. The molecule has 10 nitrogen and oxygen atoms in total. The lowest BCUT2D eigenvalue weighted by atomic mass is 10.1. The van der Waals surface area contributed by atoms with Crippen molar-refractivity contribution in [3.63, 3.8) is 0 Å². The van der Waals surface area contributed by atoms with E-state index in [1.807, 2.05) is 60.7 Å². The van der Waals surface area contributed by atoms with Gasteiger partial charge in [-0.3, -0.25) is 9.11 Å². The van der Waals surface area contributed by atoms with E-state index in [4.69, 9.17) is 20.9 Å². The van der Waals surface area contributed by atoms with Crippen LogP contribution in [0.1, 0.15) is 11.1 Å². The molecule has 0 radical (unpaired) electrons. The lowest BCUT2D eigenvalue weighted by molar-refractivity contribution is 0.309. The summed E-state index contributed by atoms with van der Waals surface area (Å²) in [6.07, 6.45) is 0.282. The van der Waals surface area contributed by atoms with Crippen molar-refractivity contribution in [1.29, 1.82) is 0 Å². The van der Waals surface area contributed by atoms with Crippen LogP contribution in [0, 0.1) is 0 Å². The van der Waals surface area contributed by atoms with E-state index >= 15 is 0 Å². The predicted octanol–water partition coefficient (Wildman–Crippen LogP) is 4.66. The average molecular weight is 661 g/mol. The van der Waals surface area contributed by atoms with Crippen molar-refractivity contribution in [1.82, 2.24) is 0 Å². The number of thioether (sulfide) groups is 2. The predicted molar refractivity (Wildman–Crippen MR) is 166 cm³/mol. The largest absolute Gasteiger partial charge is 0.490 e. The summed E-state index contributed by atoms with van der Waals surface area (Å²) in [4.78, 5) is 0.831. The standard InChI is InChI=1S/C29H28N2O8S4/c30-28(40-20-7-3-1-4-8-20)16-38-24-12-18-11-19-13-25(39-17-29(31)41-21-9-5-2-6-10-21)27(43(35,36)37)15-23(19)22(18)14-26(24)42(32,33)34/h1-10,12-15,28-29H,11,16-17,30-31H2,(H,32,33,34)(H,35,36,37). The van der Waals surface area contributed by atoms with E-state index in [1.54, 1.807) is 0 Å². The molecule has 0 aromatic heterocycles. The third-order valence-corrected chi connectivity index (χ3v) is 10.1. The molecule has 2 unspecified atom stereocenters. The second-order valence-corrected chi connectivity index (χ2v) is 15.0. The van der Waals surface area contributed by atoms with Gasteiger partial charge in [-0.25, -0.2) is 0 Å². The molecule has 0 spiro atoms. The molecule has 0 amide bonds. The Labute approximate surface area is 258 Å². The zero-order chi connectivity index (χ0) is 30.8. The third-order valence-electron chi connectivity index (χ3n) is 6.43. The van der Waals surface area contributed by atoms with Crippen LogP contribution < -0.4 is 20.9 Å². The first-order valence-corrected chi connectivity index (χ1v) is 17.5. The molecule has 4 aromatic carbocycles. The molecule has 5 rings (SSSR count). The Morgan fingerprint density at radius 2 is 1.02 bits per heavy atom. The van der Waals surface area contributed by atoms with Gasteiger partial charge in [-0.15, -0.1) is 23.5 Å². The minimum absolute atomic E-state index is 0.0556. The van der Waals surface area contributed by atoms with Crippen LogP contribution in [-0.4, -0.2) is 49.9 Å². The summed E-state index contributed by atoms with van der Waals surface area (Å²) < 4.78 is 80.9. The van der Waals surface area contributed by atoms with E-state index in [9.17, 15) is 25.9 Å². The van der Waals surface area contributed by atoms with Crippen molar-refractivity contribution in [3.05, 3.63) is 96.1 Å². The van der Waals surface area contributed by atoms with Crippen LogP contribution >= 0.6 is 23.5 Å². The Balaban J connectivity index is 1.41. The van der Waals surface area contributed by atoms with Crippen molar-refractivity contribution in [2.24, 2.45) is 11.5 Å². The highest BCUT2D eigenvalue weighted by Gasteiger charge is 2.30. The van der Waals surface area contributed by atoms with Crippen LogP contribution in [0.3, 0.4) is 0 Å². The minimum Gasteiger partial charge on any atom is -0.490 e. The second kappa shape index (κ2) is 12.9. The molecule has 43 heavy (non-hydrogen) atoms. The summed E-state index contributed by atoms with van der Waals surface area (Å²) in [5, 5.41) is -1.07. The first-order valence-electron chi connectivity index (χ1n) is 12.9. The normalized spacial score (nSPS) is 14.0. The molecule has 1 aliphatic carbocycles. The smallest absolute Gasteiger partial charge is 0.298 e. The maximum absolute atomic E-state index is 12.3. The summed E-state index contributed by atoms with van der Waals surface area (Å²) >= 11 is 2.68. The molecule has 0 saturated heterocycles. The van der Waals surface area contributed by atoms with E-state index < -0.39 is 40.8 Å². The van der Waals surface area contributed by atoms with Crippen LogP contribution in [0.5, 0.6) is 11.5 Å². The lowest BCUT2D eigenvalue weighted by Gasteiger charge is -2.16. The number of hydrogen-bond acceptors (Lipinski definition) is 10. The van der Waals surface area contributed by atoms with Gasteiger partial charge in [-0.1, -0.05) is 36.4 Å². The van der Waals surface area contributed by atoms with Crippen LogP contribution in [-0.2, 0) is 26.7 Å². The molecule has 0 heterocycles. The van der Waals surface area contributed by atoms with Gasteiger partial charge >= 0.3 is 0 Å². The fraction of sp³-hybridized carbons (Fsp3) is 0.172. The fourth-order valence-corrected chi connectivity index (χ4v) is 7.47. The molecule has 0 aliphatic heterocycles. The number of fused-ring (bicyclic) bond motifs is 3. The maximum atomic E-state index is 12.3. The first kappa shape index (κ1) is 31.3. The van der Waals surface area contributed by atoms with Gasteiger partial charge < -0.3 is 20.9 Å².